The number of halogens is 1. The molecule has 0 radical (unpaired) electrons. The molecule has 17 heavy (non-hydrogen) atoms. The van der Waals surface area contributed by atoms with Crippen LogP contribution in [0.15, 0.2) is 24.3 Å². The zero-order valence-electron chi connectivity index (χ0n) is 11.0. The van der Waals surface area contributed by atoms with Crippen molar-refractivity contribution < 1.29 is 4.79 Å². The molecule has 1 aromatic rings. The van der Waals surface area contributed by atoms with Crippen molar-refractivity contribution in [3.63, 3.8) is 0 Å². The number of hydrogen-bond donors (Lipinski definition) is 0. The van der Waals surface area contributed by atoms with Crippen LogP contribution in [0.5, 0.6) is 0 Å². The predicted molar refractivity (Wildman–Crippen MR) is 72.3 cm³/mol. The number of benzene rings is 1. The van der Waals surface area contributed by atoms with Crippen molar-refractivity contribution in [1.82, 2.24) is 4.90 Å². The van der Waals surface area contributed by atoms with E-state index < -0.39 is 0 Å². The van der Waals surface area contributed by atoms with Crippen molar-refractivity contribution >= 4 is 17.5 Å². The highest BCUT2D eigenvalue weighted by atomic mass is 35.5. The standard InChI is InChI=1S/C14H20ClNO/c1-14(2,3)12-8-6-5-7-11(12)10-16(4)13(17)9-15/h5-8H,9-10H2,1-4H3. The monoisotopic (exact) mass is 253 g/mol. The summed E-state index contributed by atoms with van der Waals surface area (Å²) in [5.74, 6) is -0.0100. The molecule has 0 unspecified atom stereocenters. The maximum atomic E-state index is 11.5. The Morgan fingerprint density at radius 3 is 2.41 bits per heavy atom. The topological polar surface area (TPSA) is 20.3 Å². The average Bonchev–Trinajstić information content (AvgIpc) is 2.27. The summed E-state index contributed by atoms with van der Waals surface area (Å²) >= 11 is 5.55. The van der Waals surface area contributed by atoms with E-state index in [9.17, 15) is 4.79 Å². The number of carbonyl (C=O) groups is 1. The second kappa shape index (κ2) is 5.54. The van der Waals surface area contributed by atoms with Gasteiger partial charge < -0.3 is 4.90 Å². The Kier molecular flexibility index (Phi) is 4.58. The van der Waals surface area contributed by atoms with Gasteiger partial charge in [-0.25, -0.2) is 0 Å². The van der Waals surface area contributed by atoms with Crippen molar-refractivity contribution in [2.45, 2.75) is 32.7 Å². The van der Waals surface area contributed by atoms with Gasteiger partial charge in [-0.1, -0.05) is 45.0 Å². The third-order valence-electron chi connectivity index (χ3n) is 2.77. The molecule has 0 aliphatic rings. The fourth-order valence-corrected chi connectivity index (χ4v) is 2.04. The van der Waals surface area contributed by atoms with Crippen molar-refractivity contribution in [2.24, 2.45) is 0 Å². The molecule has 0 heterocycles. The first kappa shape index (κ1) is 14.0. The highest BCUT2D eigenvalue weighted by Gasteiger charge is 2.18. The summed E-state index contributed by atoms with van der Waals surface area (Å²) in [7, 11) is 1.78. The van der Waals surface area contributed by atoms with E-state index in [1.165, 1.54) is 11.1 Å². The Bertz CT molecular complexity index is 395. The highest BCUT2D eigenvalue weighted by Crippen LogP contribution is 2.26. The van der Waals surface area contributed by atoms with E-state index in [-0.39, 0.29) is 17.2 Å². The molecule has 1 rings (SSSR count). The minimum atomic E-state index is -0.0459. The molecule has 0 atom stereocenters. The van der Waals surface area contributed by atoms with Gasteiger partial charge in [0.25, 0.3) is 0 Å². The Labute approximate surface area is 109 Å². The lowest BCUT2D eigenvalue weighted by Crippen LogP contribution is -2.28. The summed E-state index contributed by atoms with van der Waals surface area (Å²) in [6.45, 7) is 7.14. The molecule has 2 nitrogen and oxygen atoms in total. The highest BCUT2D eigenvalue weighted by molar-refractivity contribution is 6.27. The Hall–Kier alpha value is -1.02. The summed E-state index contributed by atoms with van der Waals surface area (Å²) in [6.07, 6.45) is 0. The third kappa shape index (κ3) is 3.74. The number of hydrogen-bond acceptors (Lipinski definition) is 1. The number of nitrogens with zero attached hydrogens (tertiary/aromatic N) is 1. The minimum Gasteiger partial charge on any atom is -0.340 e. The summed E-state index contributed by atoms with van der Waals surface area (Å²) in [5, 5.41) is 0. The average molecular weight is 254 g/mol. The van der Waals surface area contributed by atoms with E-state index in [1.807, 2.05) is 12.1 Å². The number of alkyl halides is 1. The van der Waals surface area contributed by atoms with Gasteiger partial charge in [-0.2, -0.15) is 0 Å². The lowest BCUT2D eigenvalue weighted by atomic mass is 9.83. The quantitative estimate of drug-likeness (QED) is 0.758. The van der Waals surface area contributed by atoms with Crippen LogP contribution in [-0.4, -0.2) is 23.7 Å². The lowest BCUT2D eigenvalue weighted by Gasteiger charge is -2.25. The molecule has 1 amide bonds. The van der Waals surface area contributed by atoms with Crippen LogP contribution >= 0.6 is 11.6 Å². The maximum Gasteiger partial charge on any atom is 0.237 e. The van der Waals surface area contributed by atoms with E-state index in [1.54, 1.807) is 11.9 Å². The first-order chi connectivity index (χ1) is 7.86. The molecule has 0 bridgehead atoms. The lowest BCUT2D eigenvalue weighted by molar-refractivity contribution is -0.127. The number of amides is 1. The fourth-order valence-electron chi connectivity index (χ4n) is 1.84. The van der Waals surface area contributed by atoms with E-state index >= 15 is 0 Å². The molecule has 0 aliphatic heterocycles. The SMILES string of the molecule is CN(Cc1ccccc1C(C)(C)C)C(=O)CCl. The second-order valence-corrected chi connectivity index (χ2v) is 5.56. The first-order valence-electron chi connectivity index (χ1n) is 5.74. The summed E-state index contributed by atoms with van der Waals surface area (Å²) in [5.41, 5.74) is 2.54. The van der Waals surface area contributed by atoms with E-state index in [4.69, 9.17) is 11.6 Å². The molecule has 0 saturated heterocycles. The molecular weight excluding hydrogens is 234 g/mol. The minimum absolute atomic E-state index is 0.0359. The van der Waals surface area contributed by atoms with Crippen molar-refractivity contribution in [3.05, 3.63) is 35.4 Å². The molecule has 0 saturated carbocycles. The molecule has 3 heteroatoms. The zero-order valence-corrected chi connectivity index (χ0v) is 11.7. The Balaban J connectivity index is 2.95. The fraction of sp³-hybridized carbons (Fsp3) is 0.500. The normalized spacial score (nSPS) is 11.4. The van der Waals surface area contributed by atoms with Gasteiger partial charge in [-0.05, 0) is 16.5 Å². The second-order valence-electron chi connectivity index (χ2n) is 5.29. The van der Waals surface area contributed by atoms with Gasteiger partial charge in [0.2, 0.25) is 5.91 Å². The van der Waals surface area contributed by atoms with Crippen molar-refractivity contribution in [2.75, 3.05) is 12.9 Å². The Morgan fingerprint density at radius 2 is 1.88 bits per heavy atom. The van der Waals surface area contributed by atoms with E-state index in [0.717, 1.165) is 0 Å². The molecule has 0 aliphatic carbocycles. The molecule has 0 N–H and O–H groups in total. The van der Waals surface area contributed by atoms with Crippen LogP contribution in [-0.2, 0) is 16.8 Å². The van der Waals surface area contributed by atoms with Gasteiger partial charge in [0, 0.05) is 13.6 Å². The van der Waals surface area contributed by atoms with Crippen LogP contribution in [0.4, 0.5) is 0 Å². The van der Waals surface area contributed by atoms with Crippen LogP contribution < -0.4 is 0 Å². The third-order valence-corrected chi connectivity index (χ3v) is 3.00. The largest absolute Gasteiger partial charge is 0.340 e. The first-order valence-corrected chi connectivity index (χ1v) is 6.28. The van der Waals surface area contributed by atoms with Crippen LogP contribution in [0, 0.1) is 0 Å². The smallest absolute Gasteiger partial charge is 0.237 e. The summed E-state index contributed by atoms with van der Waals surface area (Å²) in [4.78, 5) is 13.1. The van der Waals surface area contributed by atoms with Crippen molar-refractivity contribution in [3.8, 4) is 0 Å². The van der Waals surface area contributed by atoms with E-state index in [0.29, 0.717) is 6.54 Å². The van der Waals surface area contributed by atoms with Gasteiger partial charge in [0.05, 0.1) is 0 Å². The van der Waals surface area contributed by atoms with Crippen molar-refractivity contribution in [1.29, 1.82) is 0 Å². The van der Waals surface area contributed by atoms with Gasteiger partial charge in [-0.3, -0.25) is 4.79 Å². The molecule has 0 fully saturated rings. The van der Waals surface area contributed by atoms with Crippen LogP contribution in [0.25, 0.3) is 0 Å². The molecule has 0 aromatic heterocycles. The molecule has 0 spiro atoms. The number of carbonyl (C=O) groups excluding carboxylic acids is 1. The molecule has 1 aromatic carbocycles. The van der Waals surface area contributed by atoms with Crippen LogP contribution in [0.3, 0.4) is 0 Å². The van der Waals surface area contributed by atoms with Crippen LogP contribution in [0.1, 0.15) is 31.9 Å². The Morgan fingerprint density at radius 1 is 1.29 bits per heavy atom. The predicted octanol–water partition coefficient (Wildman–Crippen LogP) is 3.18. The van der Waals surface area contributed by atoms with Gasteiger partial charge in [-0.15, -0.1) is 11.6 Å². The molecule has 94 valence electrons. The van der Waals surface area contributed by atoms with Gasteiger partial charge in [0.15, 0.2) is 0 Å². The molecular formula is C14H20ClNO. The zero-order chi connectivity index (χ0) is 13.1. The summed E-state index contributed by atoms with van der Waals surface area (Å²) in [6, 6.07) is 8.23. The maximum absolute atomic E-state index is 11.5. The summed E-state index contributed by atoms with van der Waals surface area (Å²) < 4.78 is 0. The van der Waals surface area contributed by atoms with Gasteiger partial charge in [0.1, 0.15) is 5.88 Å². The number of rotatable bonds is 3. The van der Waals surface area contributed by atoms with E-state index in [2.05, 4.69) is 32.9 Å². The van der Waals surface area contributed by atoms with Crippen LogP contribution in [0.2, 0.25) is 0 Å². The van der Waals surface area contributed by atoms with Gasteiger partial charge >= 0.3 is 0 Å².